The molecule has 0 bridgehead atoms. The topological polar surface area (TPSA) is 63.2 Å². The van der Waals surface area contributed by atoms with Crippen molar-refractivity contribution in [3.05, 3.63) is 59.2 Å². The lowest BCUT2D eigenvalue weighted by atomic mass is 10.1. The summed E-state index contributed by atoms with van der Waals surface area (Å²) in [7, 11) is -3.85. The Hall–Kier alpha value is -2.28. The van der Waals surface area contributed by atoms with Crippen molar-refractivity contribution in [2.24, 2.45) is 0 Å². The van der Waals surface area contributed by atoms with E-state index in [1.807, 2.05) is 6.92 Å². The lowest BCUT2D eigenvalue weighted by Crippen LogP contribution is -2.23. The smallest absolute Gasteiger partial charge is 0.240 e. The number of hydrogen-bond acceptors (Lipinski definition) is 3. The molecule has 1 amide bonds. The third kappa shape index (κ3) is 4.13. The van der Waals surface area contributed by atoms with Gasteiger partial charge in [0.15, 0.2) is 9.84 Å². The summed E-state index contributed by atoms with van der Waals surface area (Å²) in [5, 5.41) is 2.13. The van der Waals surface area contributed by atoms with Crippen LogP contribution < -0.4 is 5.32 Å². The summed E-state index contributed by atoms with van der Waals surface area (Å²) in [4.78, 5) is 11.9. The molecule has 4 nitrogen and oxygen atoms in total. The molecule has 0 radical (unpaired) electrons. The van der Waals surface area contributed by atoms with E-state index in [0.29, 0.717) is 6.07 Å². The molecule has 0 spiro atoms. The number of halogens is 2. The molecular formula is C16H15F2NO3S. The minimum atomic E-state index is -3.85. The van der Waals surface area contributed by atoms with Gasteiger partial charge in [-0.1, -0.05) is 6.07 Å². The van der Waals surface area contributed by atoms with Crippen molar-refractivity contribution in [1.82, 2.24) is 0 Å². The van der Waals surface area contributed by atoms with Gasteiger partial charge in [-0.2, -0.15) is 0 Å². The predicted octanol–water partition coefficient (Wildman–Crippen LogP) is 2.99. The number of sulfone groups is 1. The van der Waals surface area contributed by atoms with Gasteiger partial charge in [-0.15, -0.1) is 0 Å². The number of amides is 1. The molecule has 0 heterocycles. The number of nitrogens with one attached hydrogen (secondary N) is 1. The van der Waals surface area contributed by atoms with Gasteiger partial charge in [0.25, 0.3) is 0 Å². The minimum Gasteiger partial charge on any atom is -0.323 e. The molecule has 0 aliphatic heterocycles. The molecule has 0 aliphatic carbocycles. The highest BCUT2D eigenvalue weighted by molar-refractivity contribution is 7.92. The second-order valence-electron chi connectivity index (χ2n) is 5.18. The summed E-state index contributed by atoms with van der Waals surface area (Å²) in [6.07, 6.45) is 0. The largest absolute Gasteiger partial charge is 0.323 e. The first-order valence-electron chi connectivity index (χ1n) is 6.74. The van der Waals surface area contributed by atoms with E-state index in [4.69, 9.17) is 0 Å². The number of benzene rings is 2. The van der Waals surface area contributed by atoms with E-state index in [-0.39, 0.29) is 10.6 Å². The number of hydrogen-bond donors (Lipinski definition) is 1. The van der Waals surface area contributed by atoms with Gasteiger partial charge in [0, 0.05) is 6.07 Å². The maximum atomic E-state index is 13.5. The van der Waals surface area contributed by atoms with E-state index < -0.39 is 33.1 Å². The van der Waals surface area contributed by atoms with Gasteiger partial charge in [-0.25, -0.2) is 17.2 Å². The zero-order valence-corrected chi connectivity index (χ0v) is 13.4. The summed E-state index contributed by atoms with van der Waals surface area (Å²) in [6, 6.07) is 7.16. The molecular weight excluding hydrogens is 324 g/mol. The van der Waals surface area contributed by atoms with Gasteiger partial charge in [0.05, 0.1) is 10.6 Å². The molecule has 7 heteroatoms. The molecule has 2 aromatic carbocycles. The van der Waals surface area contributed by atoms with Crippen LogP contribution in [0, 0.1) is 25.5 Å². The molecule has 2 rings (SSSR count). The van der Waals surface area contributed by atoms with Crippen molar-refractivity contribution in [3.8, 4) is 0 Å². The Labute approximate surface area is 133 Å². The fraction of sp³-hybridized carbons (Fsp3) is 0.188. The van der Waals surface area contributed by atoms with Crippen molar-refractivity contribution in [2.75, 3.05) is 11.1 Å². The van der Waals surface area contributed by atoms with E-state index in [9.17, 15) is 22.0 Å². The van der Waals surface area contributed by atoms with Crippen molar-refractivity contribution < 1.29 is 22.0 Å². The quantitative estimate of drug-likeness (QED) is 0.931. The van der Waals surface area contributed by atoms with Gasteiger partial charge in [-0.05, 0) is 49.2 Å². The lowest BCUT2D eigenvalue weighted by Gasteiger charge is -2.09. The van der Waals surface area contributed by atoms with Crippen LogP contribution in [0.5, 0.6) is 0 Å². The average Bonchev–Trinajstić information content (AvgIpc) is 2.44. The standard InChI is InChI=1S/C16H15F2NO3S/c1-10-3-5-13(7-11(10)2)23(21,22)9-16(20)19-15-6-4-12(17)8-14(15)18/h3-8H,9H2,1-2H3,(H,19,20). The summed E-state index contributed by atoms with van der Waals surface area (Å²) in [6.45, 7) is 3.61. The van der Waals surface area contributed by atoms with Crippen LogP contribution in [0.1, 0.15) is 11.1 Å². The molecule has 0 fully saturated rings. The molecule has 0 saturated carbocycles. The minimum absolute atomic E-state index is 0.0235. The van der Waals surface area contributed by atoms with Crippen LogP contribution in [-0.2, 0) is 14.6 Å². The van der Waals surface area contributed by atoms with E-state index in [1.54, 1.807) is 13.0 Å². The second-order valence-corrected chi connectivity index (χ2v) is 7.17. The number of carbonyl (C=O) groups excluding carboxylic acids is 1. The predicted molar refractivity (Wildman–Crippen MR) is 83.0 cm³/mol. The Morgan fingerprint density at radius 1 is 1.04 bits per heavy atom. The molecule has 0 aliphatic rings. The number of carbonyl (C=O) groups is 1. The Balaban J connectivity index is 2.16. The highest BCUT2D eigenvalue weighted by Crippen LogP contribution is 2.18. The third-order valence-corrected chi connectivity index (χ3v) is 4.98. The zero-order valence-electron chi connectivity index (χ0n) is 12.6. The molecule has 23 heavy (non-hydrogen) atoms. The van der Waals surface area contributed by atoms with Crippen LogP contribution in [-0.4, -0.2) is 20.1 Å². The summed E-state index contributed by atoms with van der Waals surface area (Å²) in [5.41, 5.74) is 1.45. The van der Waals surface area contributed by atoms with Crippen LogP contribution in [0.2, 0.25) is 0 Å². The lowest BCUT2D eigenvalue weighted by molar-refractivity contribution is -0.113. The average molecular weight is 339 g/mol. The van der Waals surface area contributed by atoms with Crippen molar-refractivity contribution in [3.63, 3.8) is 0 Å². The first kappa shape index (κ1) is 17.1. The van der Waals surface area contributed by atoms with E-state index in [0.717, 1.165) is 23.3 Å². The maximum Gasteiger partial charge on any atom is 0.240 e. The van der Waals surface area contributed by atoms with E-state index in [1.165, 1.54) is 12.1 Å². The Bertz CT molecular complexity index is 864. The van der Waals surface area contributed by atoms with Gasteiger partial charge in [0.1, 0.15) is 17.4 Å². The van der Waals surface area contributed by atoms with Gasteiger partial charge in [0.2, 0.25) is 5.91 Å². The van der Waals surface area contributed by atoms with Crippen molar-refractivity contribution in [2.45, 2.75) is 18.7 Å². The molecule has 0 unspecified atom stereocenters. The van der Waals surface area contributed by atoms with Crippen LogP contribution in [0.25, 0.3) is 0 Å². The third-order valence-electron chi connectivity index (χ3n) is 3.36. The molecule has 0 aromatic heterocycles. The highest BCUT2D eigenvalue weighted by atomic mass is 32.2. The maximum absolute atomic E-state index is 13.5. The van der Waals surface area contributed by atoms with Crippen LogP contribution in [0.4, 0.5) is 14.5 Å². The Kier molecular flexibility index (Phi) is 4.79. The normalized spacial score (nSPS) is 11.3. The summed E-state index contributed by atoms with van der Waals surface area (Å²) < 4.78 is 50.7. The second kappa shape index (κ2) is 6.45. The van der Waals surface area contributed by atoms with Gasteiger partial charge < -0.3 is 5.32 Å². The summed E-state index contributed by atoms with van der Waals surface area (Å²) in [5.74, 6) is -3.48. The number of rotatable bonds is 4. The first-order chi connectivity index (χ1) is 10.7. The Morgan fingerprint density at radius 2 is 1.74 bits per heavy atom. The van der Waals surface area contributed by atoms with Crippen LogP contribution in [0.3, 0.4) is 0 Å². The fourth-order valence-electron chi connectivity index (χ4n) is 1.94. The number of anilines is 1. The molecule has 0 atom stereocenters. The SMILES string of the molecule is Cc1ccc(S(=O)(=O)CC(=O)Nc2ccc(F)cc2F)cc1C. The van der Waals surface area contributed by atoms with Gasteiger partial charge >= 0.3 is 0 Å². The molecule has 122 valence electrons. The molecule has 0 saturated heterocycles. The van der Waals surface area contributed by atoms with Crippen molar-refractivity contribution >= 4 is 21.4 Å². The van der Waals surface area contributed by atoms with Crippen LogP contribution >= 0.6 is 0 Å². The monoisotopic (exact) mass is 339 g/mol. The fourth-order valence-corrected chi connectivity index (χ4v) is 3.16. The highest BCUT2D eigenvalue weighted by Gasteiger charge is 2.20. The van der Waals surface area contributed by atoms with E-state index >= 15 is 0 Å². The Morgan fingerprint density at radius 3 is 2.35 bits per heavy atom. The molecule has 2 aromatic rings. The van der Waals surface area contributed by atoms with E-state index in [2.05, 4.69) is 5.32 Å². The van der Waals surface area contributed by atoms with Crippen molar-refractivity contribution in [1.29, 1.82) is 0 Å². The van der Waals surface area contributed by atoms with Gasteiger partial charge in [-0.3, -0.25) is 4.79 Å². The molecule has 1 N–H and O–H groups in total. The van der Waals surface area contributed by atoms with Crippen LogP contribution in [0.15, 0.2) is 41.3 Å². The number of aryl methyl sites for hydroxylation is 2. The zero-order chi connectivity index (χ0) is 17.2. The first-order valence-corrected chi connectivity index (χ1v) is 8.39. The summed E-state index contributed by atoms with van der Waals surface area (Å²) >= 11 is 0.